The zero-order chi connectivity index (χ0) is 9.90. The zero-order valence-corrected chi connectivity index (χ0v) is 8.80. The highest BCUT2D eigenvalue weighted by Gasteiger charge is 2.18. The number of halogens is 1. The van der Waals surface area contributed by atoms with Crippen LogP contribution < -0.4 is 0 Å². The second kappa shape index (κ2) is 4.12. The minimum Gasteiger partial charge on any atom is -0.390 e. The molecule has 0 aliphatic carbocycles. The molecule has 0 spiro atoms. The summed E-state index contributed by atoms with van der Waals surface area (Å²) in [5, 5.41) is 10.6. The largest absolute Gasteiger partial charge is 0.390 e. The van der Waals surface area contributed by atoms with Crippen LogP contribution in [-0.4, -0.2) is 10.7 Å². The smallest absolute Gasteiger partial charge is 0.0657 e. The normalized spacial score (nSPS) is 15.4. The van der Waals surface area contributed by atoms with Crippen molar-refractivity contribution in [1.29, 1.82) is 0 Å². The van der Waals surface area contributed by atoms with Crippen molar-refractivity contribution in [3.63, 3.8) is 0 Å². The molecule has 0 saturated carbocycles. The molecule has 1 nitrogen and oxygen atoms in total. The number of hydrogen-bond donors (Lipinski definition) is 1. The molecule has 0 unspecified atom stereocenters. The summed E-state index contributed by atoms with van der Waals surface area (Å²) in [5.41, 5.74) is 0.362. The molecule has 0 saturated heterocycles. The summed E-state index contributed by atoms with van der Waals surface area (Å²) in [6, 6.07) is 7.63. The van der Waals surface area contributed by atoms with Gasteiger partial charge in [0.2, 0.25) is 0 Å². The standard InChI is InChI=1S/C11H15ClO/c1-3-11(2,13)8-9-6-4-5-7-10(9)12/h4-7,13H,3,8H2,1-2H3/t11-/m1/s1. The van der Waals surface area contributed by atoms with Gasteiger partial charge < -0.3 is 5.11 Å². The Kier molecular flexibility index (Phi) is 3.34. The molecule has 0 heterocycles. The van der Waals surface area contributed by atoms with E-state index in [0.717, 1.165) is 17.0 Å². The Morgan fingerprint density at radius 3 is 2.54 bits per heavy atom. The second-order valence-corrected chi connectivity index (χ2v) is 4.03. The van der Waals surface area contributed by atoms with Gasteiger partial charge in [-0.25, -0.2) is 0 Å². The van der Waals surface area contributed by atoms with Gasteiger partial charge >= 0.3 is 0 Å². The highest BCUT2D eigenvalue weighted by Crippen LogP contribution is 2.22. The Morgan fingerprint density at radius 2 is 2.00 bits per heavy atom. The summed E-state index contributed by atoms with van der Waals surface area (Å²) in [6.07, 6.45) is 1.35. The van der Waals surface area contributed by atoms with E-state index in [-0.39, 0.29) is 0 Å². The van der Waals surface area contributed by atoms with Crippen LogP contribution in [0.3, 0.4) is 0 Å². The van der Waals surface area contributed by atoms with Crippen LogP contribution in [0, 0.1) is 0 Å². The minimum atomic E-state index is -0.648. The second-order valence-electron chi connectivity index (χ2n) is 3.62. The van der Waals surface area contributed by atoms with Gasteiger partial charge in [-0.05, 0) is 25.0 Å². The van der Waals surface area contributed by atoms with Crippen LogP contribution in [0.4, 0.5) is 0 Å². The number of aliphatic hydroxyl groups is 1. The van der Waals surface area contributed by atoms with Crippen LogP contribution in [0.15, 0.2) is 24.3 Å². The van der Waals surface area contributed by atoms with E-state index in [1.807, 2.05) is 38.1 Å². The molecule has 1 atom stereocenters. The Bertz CT molecular complexity index is 281. The van der Waals surface area contributed by atoms with Gasteiger partial charge in [-0.2, -0.15) is 0 Å². The summed E-state index contributed by atoms with van der Waals surface area (Å²) < 4.78 is 0. The monoisotopic (exact) mass is 198 g/mol. The Morgan fingerprint density at radius 1 is 1.38 bits per heavy atom. The topological polar surface area (TPSA) is 20.2 Å². The molecule has 1 rings (SSSR count). The predicted octanol–water partition coefficient (Wildman–Crippen LogP) is 3.04. The van der Waals surface area contributed by atoms with Crippen LogP contribution in [0.2, 0.25) is 5.02 Å². The highest BCUT2D eigenvalue weighted by molar-refractivity contribution is 6.31. The quantitative estimate of drug-likeness (QED) is 0.792. The number of rotatable bonds is 3. The Labute approximate surface area is 84.4 Å². The molecular formula is C11H15ClO. The van der Waals surface area contributed by atoms with E-state index >= 15 is 0 Å². The van der Waals surface area contributed by atoms with E-state index in [0.29, 0.717) is 6.42 Å². The van der Waals surface area contributed by atoms with E-state index in [2.05, 4.69) is 0 Å². The summed E-state index contributed by atoms with van der Waals surface area (Å²) in [6.45, 7) is 3.80. The molecular weight excluding hydrogens is 184 g/mol. The Balaban J connectivity index is 2.80. The molecule has 13 heavy (non-hydrogen) atoms. The zero-order valence-electron chi connectivity index (χ0n) is 8.05. The van der Waals surface area contributed by atoms with Gasteiger partial charge in [0.05, 0.1) is 5.60 Å². The first kappa shape index (κ1) is 10.6. The maximum atomic E-state index is 9.84. The lowest BCUT2D eigenvalue weighted by atomic mass is 9.94. The molecule has 72 valence electrons. The van der Waals surface area contributed by atoms with Crippen LogP contribution in [0.25, 0.3) is 0 Å². The fraction of sp³-hybridized carbons (Fsp3) is 0.455. The summed E-state index contributed by atoms with van der Waals surface area (Å²) in [5.74, 6) is 0. The SMILES string of the molecule is CC[C@@](C)(O)Cc1ccccc1Cl. The maximum Gasteiger partial charge on any atom is 0.0657 e. The van der Waals surface area contributed by atoms with Gasteiger partial charge in [-0.1, -0.05) is 36.7 Å². The molecule has 0 aromatic heterocycles. The lowest BCUT2D eigenvalue weighted by Gasteiger charge is -2.21. The molecule has 0 fully saturated rings. The van der Waals surface area contributed by atoms with Crippen molar-refractivity contribution in [2.45, 2.75) is 32.3 Å². The third-order valence-corrected chi connectivity index (χ3v) is 2.66. The van der Waals surface area contributed by atoms with Crippen molar-refractivity contribution in [2.75, 3.05) is 0 Å². The third kappa shape index (κ3) is 3.02. The van der Waals surface area contributed by atoms with Crippen LogP contribution >= 0.6 is 11.6 Å². The van der Waals surface area contributed by atoms with E-state index in [4.69, 9.17) is 11.6 Å². The summed E-state index contributed by atoms with van der Waals surface area (Å²) in [4.78, 5) is 0. The van der Waals surface area contributed by atoms with Crippen molar-refractivity contribution in [3.05, 3.63) is 34.9 Å². The number of benzene rings is 1. The molecule has 1 N–H and O–H groups in total. The Hall–Kier alpha value is -0.530. The fourth-order valence-electron chi connectivity index (χ4n) is 1.18. The van der Waals surface area contributed by atoms with E-state index in [1.54, 1.807) is 0 Å². The first-order valence-corrected chi connectivity index (χ1v) is 4.89. The van der Waals surface area contributed by atoms with Crippen molar-refractivity contribution < 1.29 is 5.11 Å². The van der Waals surface area contributed by atoms with E-state index in [1.165, 1.54) is 0 Å². The lowest BCUT2D eigenvalue weighted by Crippen LogP contribution is -2.25. The molecule has 1 aromatic carbocycles. The van der Waals surface area contributed by atoms with Gasteiger partial charge in [-0.15, -0.1) is 0 Å². The van der Waals surface area contributed by atoms with E-state index in [9.17, 15) is 5.11 Å². The van der Waals surface area contributed by atoms with Crippen molar-refractivity contribution in [3.8, 4) is 0 Å². The van der Waals surface area contributed by atoms with Gasteiger partial charge in [0.25, 0.3) is 0 Å². The molecule has 0 bridgehead atoms. The molecule has 0 aliphatic rings. The molecule has 1 aromatic rings. The van der Waals surface area contributed by atoms with Gasteiger partial charge in [0.1, 0.15) is 0 Å². The number of hydrogen-bond acceptors (Lipinski definition) is 1. The van der Waals surface area contributed by atoms with Gasteiger partial charge in [0.15, 0.2) is 0 Å². The predicted molar refractivity (Wildman–Crippen MR) is 56.1 cm³/mol. The third-order valence-electron chi connectivity index (χ3n) is 2.29. The van der Waals surface area contributed by atoms with Crippen molar-refractivity contribution in [1.82, 2.24) is 0 Å². The first-order valence-electron chi connectivity index (χ1n) is 4.51. The maximum absolute atomic E-state index is 9.84. The molecule has 0 aliphatic heterocycles. The van der Waals surface area contributed by atoms with Crippen LogP contribution in [0.1, 0.15) is 25.8 Å². The van der Waals surface area contributed by atoms with Crippen LogP contribution in [-0.2, 0) is 6.42 Å². The molecule has 2 heteroatoms. The first-order chi connectivity index (χ1) is 6.05. The fourth-order valence-corrected chi connectivity index (χ4v) is 1.38. The summed E-state index contributed by atoms with van der Waals surface area (Å²) in [7, 11) is 0. The molecule has 0 radical (unpaired) electrons. The minimum absolute atomic E-state index is 0.614. The highest BCUT2D eigenvalue weighted by atomic mass is 35.5. The average molecular weight is 199 g/mol. The molecule has 0 amide bonds. The van der Waals surface area contributed by atoms with Crippen molar-refractivity contribution in [2.24, 2.45) is 0 Å². The van der Waals surface area contributed by atoms with Crippen molar-refractivity contribution >= 4 is 11.6 Å². The van der Waals surface area contributed by atoms with Crippen LogP contribution in [0.5, 0.6) is 0 Å². The van der Waals surface area contributed by atoms with Gasteiger partial charge in [-0.3, -0.25) is 0 Å². The van der Waals surface area contributed by atoms with E-state index < -0.39 is 5.60 Å². The summed E-state index contributed by atoms with van der Waals surface area (Å²) >= 11 is 5.98. The average Bonchev–Trinajstić information content (AvgIpc) is 2.09. The van der Waals surface area contributed by atoms with Gasteiger partial charge in [0, 0.05) is 11.4 Å². The lowest BCUT2D eigenvalue weighted by molar-refractivity contribution is 0.0565.